The van der Waals surface area contributed by atoms with Gasteiger partial charge in [0.05, 0.1) is 5.56 Å². The molecule has 1 unspecified atom stereocenters. The molecule has 74 valence electrons. The van der Waals surface area contributed by atoms with Gasteiger partial charge in [-0.15, -0.1) is 0 Å². The molecule has 1 saturated heterocycles. The number of halogens is 1. The number of benzene rings is 1. The lowest BCUT2D eigenvalue weighted by molar-refractivity contribution is 0.0689. The van der Waals surface area contributed by atoms with Gasteiger partial charge in [-0.25, -0.2) is 9.18 Å². The molecule has 0 amide bonds. The summed E-state index contributed by atoms with van der Waals surface area (Å²) < 4.78 is 13.2. The molecule has 1 heterocycles. The van der Waals surface area contributed by atoms with Crippen LogP contribution >= 0.6 is 0 Å². The van der Waals surface area contributed by atoms with E-state index in [0.29, 0.717) is 5.56 Å². The third-order valence-electron chi connectivity index (χ3n) is 2.46. The molecule has 0 aromatic heterocycles. The summed E-state index contributed by atoms with van der Waals surface area (Å²) in [5.41, 5.74) is 0.341. The Morgan fingerprint density at radius 3 is 2.79 bits per heavy atom. The van der Waals surface area contributed by atoms with E-state index in [-0.39, 0.29) is 11.6 Å². The second kappa shape index (κ2) is 3.38. The fourth-order valence-corrected chi connectivity index (χ4v) is 1.61. The molecule has 1 aromatic carbocycles. The van der Waals surface area contributed by atoms with Crippen LogP contribution in [0, 0.1) is 5.82 Å². The predicted molar refractivity (Wildman–Crippen MR) is 48.7 cm³/mol. The van der Waals surface area contributed by atoms with E-state index in [1.165, 1.54) is 12.1 Å². The van der Waals surface area contributed by atoms with E-state index in [0.717, 1.165) is 13.0 Å². The SMILES string of the molecule is O=C(O)c1c(F)cccc1C1CCN1. The van der Waals surface area contributed by atoms with Crippen LogP contribution in [0.5, 0.6) is 0 Å². The van der Waals surface area contributed by atoms with Crippen molar-refractivity contribution in [3.63, 3.8) is 0 Å². The molecule has 1 aromatic rings. The molecule has 2 rings (SSSR count). The number of carbonyl (C=O) groups is 1. The van der Waals surface area contributed by atoms with Gasteiger partial charge in [0.1, 0.15) is 5.82 Å². The number of nitrogens with one attached hydrogen (secondary N) is 1. The summed E-state index contributed by atoms with van der Waals surface area (Å²) in [5.74, 6) is -1.87. The van der Waals surface area contributed by atoms with Crippen LogP contribution in [0.4, 0.5) is 4.39 Å². The first-order valence-electron chi connectivity index (χ1n) is 4.45. The maximum absolute atomic E-state index is 13.2. The smallest absolute Gasteiger partial charge is 0.339 e. The highest BCUT2D eigenvalue weighted by Crippen LogP contribution is 2.27. The highest BCUT2D eigenvalue weighted by Gasteiger charge is 2.25. The van der Waals surface area contributed by atoms with Crippen LogP contribution in [0.2, 0.25) is 0 Å². The Morgan fingerprint density at radius 2 is 2.29 bits per heavy atom. The predicted octanol–water partition coefficient (Wildman–Crippen LogP) is 1.56. The lowest BCUT2D eigenvalue weighted by Gasteiger charge is -2.29. The maximum atomic E-state index is 13.2. The number of hydrogen-bond donors (Lipinski definition) is 2. The second-order valence-corrected chi connectivity index (χ2v) is 3.30. The maximum Gasteiger partial charge on any atom is 0.339 e. The normalized spacial score (nSPS) is 20.2. The third-order valence-corrected chi connectivity index (χ3v) is 2.46. The molecule has 3 nitrogen and oxygen atoms in total. The van der Waals surface area contributed by atoms with Gasteiger partial charge in [0.25, 0.3) is 0 Å². The third kappa shape index (κ3) is 1.37. The van der Waals surface area contributed by atoms with Crippen molar-refractivity contribution >= 4 is 5.97 Å². The number of carboxylic acids is 1. The molecule has 2 N–H and O–H groups in total. The Hall–Kier alpha value is -1.42. The van der Waals surface area contributed by atoms with E-state index in [1.807, 2.05) is 0 Å². The highest BCUT2D eigenvalue weighted by molar-refractivity contribution is 5.90. The minimum absolute atomic E-state index is 0.00296. The first-order chi connectivity index (χ1) is 6.70. The number of hydrogen-bond acceptors (Lipinski definition) is 2. The Balaban J connectivity index is 2.46. The standard InChI is InChI=1S/C10H10FNO2/c11-7-3-1-2-6(8-4-5-12-8)9(7)10(13)14/h1-3,8,12H,4-5H2,(H,13,14). The van der Waals surface area contributed by atoms with E-state index >= 15 is 0 Å². The highest BCUT2D eigenvalue weighted by atomic mass is 19.1. The summed E-state index contributed by atoms with van der Waals surface area (Å²) in [6.07, 6.45) is 0.865. The van der Waals surface area contributed by atoms with Crippen LogP contribution in [0.15, 0.2) is 18.2 Å². The Labute approximate surface area is 80.6 Å². The molecule has 14 heavy (non-hydrogen) atoms. The summed E-state index contributed by atoms with van der Waals surface area (Å²) in [4.78, 5) is 10.8. The zero-order valence-corrected chi connectivity index (χ0v) is 7.46. The van der Waals surface area contributed by atoms with Crippen LogP contribution in [0.1, 0.15) is 28.4 Å². The van der Waals surface area contributed by atoms with Gasteiger partial charge in [-0.1, -0.05) is 12.1 Å². The van der Waals surface area contributed by atoms with Gasteiger partial charge >= 0.3 is 5.97 Å². The molecular weight excluding hydrogens is 185 g/mol. The fourth-order valence-electron chi connectivity index (χ4n) is 1.61. The van der Waals surface area contributed by atoms with Gasteiger partial charge < -0.3 is 10.4 Å². The quantitative estimate of drug-likeness (QED) is 0.752. The van der Waals surface area contributed by atoms with E-state index in [1.54, 1.807) is 6.07 Å². The molecule has 0 radical (unpaired) electrons. The van der Waals surface area contributed by atoms with Crippen molar-refractivity contribution < 1.29 is 14.3 Å². The van der Waals surface area contributed by atoms with Gasteiger partial charge in [-0.2, -0.15) is 0 Å². The van der Waals surface area contributed by atoms with Crippen molar-refractivity contribution in [2.75, 3.05) is 6.54 Å². The van der Waals surface area contributed by atoms with Gasteiger partial charge in [-0.3, -0.25) is 0 Å². The van der Waals surface area contributed by atoms with Crippen molar-refractivity contribution in [2.24, 2.45) is 0 Å². The molecule has 0 saturated carbocycles. The molecule has 1 atom stereocenters. The average Bonchev–Trinajstić information content (AvgIpc) is 1.99. The zero-order chi connectivity index (χ0) is 10.1. The lowest BCUT2D eigenvalue weighted by atomic mass is 9.93. The topological polar surface area (TPSA) is 49.3 Å². The van der Waals surface area contributed by atoms with Gasteiger partial charge in [0.2, 0.25) is 0 Å². The number of carboxylic acid groups (broad SMARTS) is 1. The van der Waals surface area contributed by atoms with Crippen LogP contribution in [-0.4, -0.2) is 17.6 Å². The van der Waals surface area contributed by atoms with Crippen molar-refractivity contribution in [2.45, 2.75) is 12.5 Å². The fraction of sp³-hybridized carbons (Fsp3) is 0.300. The summed E-state index contributed by atoms with van der Waals surface area (Å²) in [5, 5.41) is 11.9. The molecule has 0 bridgehead atoms. The van der Waals surface area contributed by atoms with E-state index in [2.05, 4.69) is 5.32 Å². The van der Waals surface area contributed by atoms with Gasteiger partial charge in [0, 0.05) is 6.04 Å². The van der Waals surface area contributed by atoms with Crippen molar-refractivity contribution in [3.05, 3.63) is 35.1 Å². The molecule has 1 aliphatic heterocycles. The van der Waals surface area contributed by atoms with Crippen LogP contribution in [0.25, 0.3) is 0 Å². The minimum atomic E-state index is -1.20. The minimum Gasteiger partial charge on any atom is -0.478 e. The first-order valence-corrected chi connectivity index (χ1v) is 4.45. The molecule has 4 heteroatoms. The van der Waals surface area contributed by atoms with Gasteiger partial charge in [0.15, 0.2) is 0 Å². The van der Waals surface area contributed by atoms with Crippen LogP contribution in [0.3, 0.4) is 0 Å². The van der Waals surface area contributed by atoms with Gasteiger partial charge in [-0.05, 0) is 24.6 Å². The summed E-state index contributed by atoms with van der Waals surface area (Å²) in [7, 11) is 0. The van der Waals surface area contributed by atoms with Crippen molar-refractivity contribution in [1.82, 2.24) is 5.32 Å². The Kier molecular flexibility index (Phi) is 2.21. The number of rotatable bonds is 2. The van der Waals surface area contributed by atoms with Crippen LogP contribution in [-0.2, 0) is 0 Å². The monoisotopic (exact) mass is 195 g/mol. The molecule has 1 fully saturated rings. The molecule has 1 aliphatic rings. The average molecular weight is 195 g/mol. The largest absolute Gasteiger partial charge is 0.478 e. The van der Waals surface area contributed by atoms with Crippen LogP contribution < -0.4 is 5.32 Å². The Bertz CT molecular complexity index is 374. The lowest BCUT2D eigenvalue weighted by Crippen LogP contribution is -2.36. The van der Waals surface area contributed by atoms with Crippen molar-refractivity contribution in [3.8, 4) is 0 Å². The zero-order valence-electron chi connectivity index (χ0n) is 7.46. The van der Waals surface area contributed by atoms with E-state index in [9.17, 15) is 9.18 Å². The summed E-state index contributed by atoms with van der Waals surface area (Å²) in [6.45, 7) is 0.861. The van der Waals surface area contributed by atoms with E-state index in [4.69, 9.17) is 5.11 Å². The molecule has 0 aliphatic carbocycles. The summed E-state index contributed by atoms with van der Waals surface area (Å²) in [6, 6.07) is 4.36. The second-order valence-electron chi connectivity index (χ2n) is 3.30. The number of aromatic carboxylic acids is 1. The van der Waals surface area contributed by atoms with Crippen molar-refractivity contribution in [1.29, 1.82) is 0 Å². The first kappa shape index (κ1) is 9.15. The van der Waals surface area contributed by atoms with E-state index < -0.39 is 11.8 Å². The molecular formula is C10H10FNO2. The molecule has 0 spiro atoms. The summed E-state index contributed by atoms with van der Waals surface area (Å²) >= 11 is 0. The Morgan fingerprint density at radius 1 is 1.57 bits per heavy atom.